The van der Waals surface area contributed by atoms with Crippen LogP contribution in [0.3, 0.4) is 0 Å². The smallest absolute Gasteiger partial charge is 0.324 e. The normalized spacial score (nSPS) is 19.7. The van der Waals surface area contributed by atoms with Gasteiger partial charge in [-0.05, 0) is 47.2 Å². The van der Waals surface area contributed by atoms with Gasteiger partial charge in [0.1, 0.15) is 12.1 Å². The maximum Gasteiger partial charge on any atom is 0.325 e. The number of halogens is 1. The monoisotopic (exact) mass is 449 g/mol. The van der Waals surface area contributed by atoms with Gasteiger partial charge >= 0.3 is 6.03 Å². The summed E-state index contributed by atoms with van der Waals surface area (Å²) in [6, 6.07) is 15.7. The number of carbonyl (C=O) groups excluding carboxylic acids is 3. The van der Waals surface area contributed by atoms with E-state index in [1.165, 1.54) is 0 Å². The van der Waals surface area contributed by atoms with Crippen LogP contribution in [-0.2, 0) is 15.1 Å². The van der Waals surface area contributed by atoms with Gasteiger partial charge in [0.05, 0.1) is 5.69 Å². The lowest BCUT2D eigenvalue weighted by Gasteiger charge is -2.22. The first-order valence-electron chi connectivity index (χ1n) is 7.66. The van der Waals surface area contributed by atoms with Gasteiger partial charge in [-0.3, -0.25) is 14.5 Å². The van der Waals surface area contributed by atoms with E-state index in [0.29, 0.717) is 11.3 Å². The minimum Gasteiger partial charge on any atom is -0.324 e. The number of amides is 4. The molecule has 2 aromatic carbocycles. The molecule has 128 valence electrons. The number of urea groups is 1. The highest BCUT2D eigenvalue weighted by Gasteiger charge is 2.49. The Hall–Kier alpha value is -2.42. The van der Waals surface area contributed by atoms with Gasteiger partial charge in [-0.15, -0.1) is 0 Å². The first kappa shape index (κ1) is 17.4. The number of nitrogens with one attached hydrogen (secondary N) is 2. The van der Waals surface area contributed by atoms with Crippen molar-refractivity contribution in [1.82, 2.24) is 10.2 Å². The molecule has 1 heterocycles. The van der Waals surface area contributed by atoms with Crippen LogP contribution in [0.15, 0.2) is 54.6 Å². The Morgan fingerprint density at radius 3 is 2.44 bits per heavy atom. The maximum atomic E-state index is 12.8. The van der Waals surface area contributed by atoms with Crippen LogP contribution in [-0.4, -0.2) is 29.3 Å². The lowest BCUT2D eigenvalue weighted by molar-refractivity contribution is -0.133. The molecule has 1 saturated heterocycles. The van der Waals surface area contributed by atoms with Crippen molar-refractivity contribution in [2.75, 3.05) is 11.9 Å². The number of hydrogen-bond donors (Lipinski definition) is 2. The van der Waals surface area contributed by atoms with E-state index in [1.54, 1.807) is 43.3 Å². The van der Waals surface area contributed by atoms with Crippen LogP contribution in [0.4, 0.5) is 10.5 Å². The van der Waals surface area contributed by atoms with Gasteiger partial charge in [0, 0.05) is 3.57 Å². The van der Waals surface area contributed by atoms with Crippen LogP contribution in [0.2, 0.25) is 0 Å². The van der Waals surface area contributed by atoms with E-state index >= 15 is 0 Å². The minimum absolute atomic E-state index is 0.335. The first-order chi connectivity index (χ1) is 11.9. The van der Waals surface area contributed by atoms with Crippen molar-refractivity contribution in [3.8, 4) is 0 Å². The zero-order chi connectivity index (χ0) is 18.0. The van der Waals surface area contributed by atoms with Crippen LogP contribution in [0.1, 0.15) is 12.5 Å². The lowest BCUT2D eigenvalue weighted by Crippen LogP contribution is -2.42. The number of anilines is 1. The van der Waals surface area contributed by atoms with E-state index in [1.807, 2.05) is 18.2 Å². The average molecular weight is 449 g/mol. The summed E-state index contributed by atoms with van der Waals surface area (Å²) in [6.45, 7) is 1.30. The van der Waals surface area contributed by atoms with Gasteiger partial charge < -0.3 is 10.6 Å². The predicted molar refractivity (Wildman–Crippen MR) is 102 cm³/mol. The highest BCUT2D eigenvalue weighted by molar-refractivity contribution is 14.1. The summed E-state index contributed by atoms with van der Waals surface area (Å²) in [5.41, 5.74) is 0.152. The van der Waals surface area contributed by atoms with E-state index < -0.39 is 23.4 Å². The molecule has 0 bridgehead atoms. The van der Waals surface area contributed by atoms with Crippen molar-refractivity contribution >= 4 is 46.1 Å². The average Bonchev–Trinajstić information content (AvgIpc) is 2.82. The van der Waals surface area contributed by atoms with E-state index in [-0.39, 0.29) is 6.54 Å². The van der Waals surface area contributed by atoms with E-state index in [2.05, 4.69) is 33.2 Å². The standard InChI is InChI=1S/C18H16IN3O3/c1-18(12-7-3-2-4-8-12)16(24)22(17(25)21-18)11-15(23)20-14-10-6-5-9-13(14)19/h2-10H,11H2,1H3,(H,20,23)(H,21,25). The Balaban J connectivity index is 1.75. The third kappa shape index (κ3) is 3.37. The Labute approximate surface area is 158 Å². The minimum atomic E-state index is -1.17. The van der Waals surface area contributed by atoms with E-state index in [0.717, 1.165) is 8.47 Å². The topological polar surface area (TPSA) is 78.5 Å². The number of benzene rings is 2. The van der Waals surface area contributed by atoms with Crippen LogP contribution in [0, 0.1) is 3.57 Å². The second-order valence-electron chi connectivity index (χ2n) is 5.84. The van der Waals surface area contributed by atoms with Gasteiger partial charge in [-0.25, -0.2) is 4.79 Å². The van der Waals surface area contributed by atoms with Crippen molar-refractivity contribution in [3.63, 3.8) is 0 Å². The second-order valence-corrected chi connectivity index (χ2v) is 7.00. The molecule has 1 fully saturated rings. The van der Waals surface area contributed by atoms with Crippen LogP contribution in [0.5, 0.6) is 0 Å². The van der Waals surface area contributed by atoms with Gasteiger partial charge in [0.2, 0.25) is 5.91 Å². The summed E-state index contributed by atoms with van der Waals surface area (Å²) >= 11 is 2.11. The number of nitrogens with zero attached hydrogens (tertiary/aromatic N) is 1. The van der Waals surface area contributed by atoms with E-state index in [9.17, 15) is 14.4 Å². The highest BCUT2D eigenvalue weighted by Crippen LogP contribution is 2.28. The fourth-order valence-electron chi connectivity index (χ4n) is 2.70. The van der Waals surface area contributed by atoms with Gasteiger partial charge in [-0.2, -0.15) is 0 Å². The third-order valence-electron chi connectivity index (χ3n) is 4.08. The van der Waals surface area contributed by atoms with Crippen molar-refractivity contribution < 1.29 is 14.4 Å². The molecule has 2 N–H and O–H groups in total. The molecule has 6 nitrogen and oxygen atoms in total. The quantitative estimate of drug-likeness (QED) is 0.557. The van der Waals surface area contributed by atoms with Crippen molar-refractivity contribution in [2.24, 2.45) is 0 Å². The molecule has 0 radical (unpaired) electrons. The molecule has 0 aromatic heterocycles. The maximum absolute atomic E-state index is 12.8. The fraction of sp³-hybridized carbons (Fsp3) is 0.167. The molecule has 0 saturated carbocycles. The SMILES string of the molecule is CC1(c2ccccc2)NC(=O)N(CC(=O)Nc2ccccc2I)C1=O. The zero-order valence-corrected chi connectivity index (χ0v) is 15.6. The molecule has 0 spiro atoms. The Morgan fingerprint density at radius 2 is 1.76 bits per heavy atom. The van der Waals surface area contributed by atoms with Gasteiger partial charge in [0.25, 0.3) is 5.91 Å². The van der Waals surface area contributed by atoms with E-state index in [4.69, 9.17) is 0 Å². The number of para-hydroxylation sites is 1. The van der Waals surface area contributed by atoms with Gasteiger partial charge in [-0.1, -0.05) is 42.5 Å². The van der Waals surface area contributed by atoms with Gasteiger partial charge in [0.15, 0.2) is 0 Å². The summed E-state index contributed by atoms with van der Waals surface area (Å²) in [7, 11) is 0. The number of hydrogen-bond acceptors (Lipinski definition) is 3. The molecule has 25 heavy (non-hydrogen) atoms. The molecule has 1 unspecified atom stereocenters. The molecule has 4 amide bonds. The summed E-state index contributed by atoms with van der Waals surface area (Å²) in [5, 5.41) is 5.41. The lowest BCUT2D eigenvalue weighted by atomic mass is 9.92. The Morgan fingerprint density at radius 1 is 1.12 bits per heavy atom. The molecule has 0 aliphatic carbocycles. The molecule has 1 aliphatic rings. The summed E-state index contributed by atoms with van der Waals surface area (Å²) in [4.78, 5) is 38.2. The zero-order valence-electron chi connectivity index (χ0n) is 13.5. The first-order valence-corrected chi connectivity index (χ1v) is 8.74. The van der Waals surface area contributed by atoms with Crippen LogP contribution < -0.4 is 10.6 Å². The number of carbonyl (C=O) groups is 3. The molecule has 3 rings (SSSR count). The molecule has 1 aliphatic heterocycles. The predicted octanol–water partition coefficient (Wildman–Crippen LogP) is 2.70. The Bertz CT molecular complexity index is 840. The van der Waals surface area contributed by atoms with Crippen LogP contribution >= 0.6 is 22.6 Å². The third-order valence-corrected chi connectivity index (χ3v) is 5.02. The number of imide groups is 1. The summed E-state index contributed by atoms with van der Waals surface area (Å²) < 4.78 is 0.875. The molecular weight excluding hydrogens is 433 g/mol. The molecule has 7 heteroatoms. The summed E-state index contributed by atoms with van der Waals surface area (Å²) in [6.07, 6.45) is 0. The molecular formula is C18H16IN3O3. The largest absolute Gasteiger partial charge is 0.325 e. The molecule has 1 atom stereocenters. The Kier molecular flexibility index (Phi) is 4.76. The van der Waals surface area contributed by atoms with Crippen molar-refractivity contribution in [1.29, 1.82) is 0 Å². The summed E-state index contributed by atoms with van der Waals surface area (Å²) in [5.74, 6) is -0.869. The molecule has 2 aromatic rings. The highest BCUT2D eigenvalue weighted by atomic mass is 127. The van der Waals surface area contributed by atoms with Crippen LogP contribution in [0.25, 0.3) is 0 Å². The van der Waals surface area contributed by atoms with Crippen molar-refractivity contribution in [3.05, 3.63) is 63.7 Å². The number of rotatable bonds is 4. The second kappa shape index (κ2) is 6.83. The van der Waals surface area contributed by atoms with Crippen molar-refractivity contribution in [2.45, 2.75) is 12.5 Å². The fourth-order valence-corrected chi connectivity index (χ4v) is 3.23.